The molecule has 9 heteroatoms. The van der Waals surface area contributed by atoms with Gasteiger partial charge in [0.25, 0.3) is 0 Å². The molecule has 0 aliphatic heterocycles. The first-order valence-corrected chi connectivity index (χ1v) is 8.69. The van der Waals surface area contributed by atoms with Crippen molar-refractivity contribution < 1.29 is 18.1 Å². The van der Waals surface area contributed by atoms with Crippen LogP contribution in [0.15, 0.2) is 34.9 Å². The van der Waals surface area contributed by atoms with E-state index in [2.05, 4.69) is 15.5 Å². The zero-order chi connectivity index (χ0) is 19.2. The summed E-state index contributed by atoms with van der Waals surface area (Å²) in [7, 11) is 0. The number of aromatic nitrogens is 2. The molecule has 2 aromatic carbocycles. The molecule has 27 heavy (non-hydrogen) atoms. The molecule has 1 amide bonds. The minimum atomic E-state index is -0.996. The molecule has 4 rings (SSSR count). The van der Waals surface area contributed by atoms with Gasteiger partial charge in [0.1, 0.15) is 0 Å². The Morgan fingerprint density at radius 3 is 2.41 bits per heavy atom. The summed E-state index contributed by atoms with van der Waals surface area (Å²) in [6.07, 6.45) is 1.90. The average molecular weight is 410 g/mol. The van der Waals surface area contributed by atoms with Crippen molar-refractivity contribution in [2.45, 2.75) is 18.3 Å². The first-order valence-electron chi connectivity index (χ1n) is 7.94. The molecule has 5 nitrogen and oxygen atoms in total. The van der Waals surface area contributed by atoms with Gasteiger partial charge in [-0.15, -0.1) is 0 Å². The van der Waals surface area contributed by atoms with Crippen LogP contribution in [0.3, 0.4) is 0 Å². The SMILES string of the molecule is O=CNc1cc(Cl)c(C2(c3nc(-c4ccc(F)c(F)c4)no3)CC2)c(Cl)c1. The summed E-state index contributed by atoms with van der Waals surface area (Å²) in [5, 5.41) is 7.09. The molecule has 0 atom stereocenters. The number of halogens is 4. The maximum Gasteiger partial charge on any atom is 0.237 e. The van der Waals surface area contributed by atoms with Crippen LogP contribution in [-0.2, 0) is 10.2 Å². The fourth-order valence-corrected chi connectivity index (χ4v) is 3.90. The Balaban J connectivity index is 1.73. The maximum atomic E-state index is 13.5. The summed E-state index contributed by atoms with van der Waals surface area (Å²) in [6, 6.07) is 6.55. The molecule has 1 saturated carbocycles. The smallest absolute Gasteiger partial charge is 0.237 e. The van der Waals surface area contributed by atoms with Gasteiger partial charge in [-0.1, -0.05) is 28.4 Å². The minimum Gasteiger partial charge on any atom is -0.338 e. The first kappa shape index (κ1) is 17.9. The third-order valence-corrected chi connectivity index (χ3v) is 5.11. The molecule has 1 aliphatic rings. The van der Waals surface area contributed by atoms with Crippen LogP contribution >= 0.6 is 23.2 Å². The topological polar surface area (TPSA) is 68.0 Å². The molecule has 0 unspecified atom stereocenters. The molecular formula is C18H11Cl2F2N3O2. The van der Waals surface area contributed by atoms with E-state index in [0.717, 1.165) is 12.1 Å². The highest BCUT2D eigenvalue weighted by Gasteiger charge is 2.53. The van der Waals surface area contributed by atoms with E-state index in [9.17, 15) is 13.6 Å². The Bertz CT molecular complexity index is 1030. The second-order valence-electron chi connectivity index (χ2n) is 6.21. The van der Waals surface area contributed by atoms with Crippen molar-refractivity contribution in [2.75, 3.05) is 5.32 Å². The molecule has 0 spiro atoms. The van der Waals surface area contributed by atoms with Crippen LogP contribution in [0.2, 0.25) is 10.0 Å². The predicted molar refractivity (Wildman–Crippen MR) is 95.8 cm³/mol. The van der Waals surface area contributed by atoms with E-state index in [-0.39, 0.29) is 5.82 Å². The number of nitrogens with one attached hydrogen (secondary N) is 1. The number of amides is 1. The summed E-state index contributed by atoms with van der Waals surface area (Å²) in [6.45, 7) is 0. The summed E-state index contributed by atoms with van der Waals surface area (Å²) in [4.78, 5) is 15.0. The molecule has 3 aromatic rings. The molecule has 1 aliphatic carbocycles. The highest BCUT2D eigenvalue weighted by atomic mass is 35.5. The molecule has 138 valence electrons. The van der Waals surface area contributed by atoms with E-state index >= 15 is 0 Å². The Morgan fingerprint density at radius 2 is 1.81 bits per heavy atom. The van der Waals surface area contributed by atoms with Gasteiger partial charge < -0.3 is 9.84 Å². The number of hydrogen-bond donors (Lipinski definition) is 1. The Kier molecular flexibility index (Phi) is 4.36. The fourth-order valence-electron chi connectivity index (χ4n) is 3.05. The number of benzene rings is 2. The lowest BCUT2D eigenvalue weighted by Crippen LogP contribution is -2.11. The maximum absolute atomic E-state index is 13.5. The molecule has 0 saturated heterocycles. The Hall–Kier alpha value is -2.51. The number of nitrogens with zero attached hydrogens (tertiary/aromatic N) is 2. The third kappa shape index (κ3) is 3.07. The summed E-state index contributed by atoms with van der Waals surface area (Å²) < 4.78 is 32.0. The number of carbonyl (C=O) groups is 1. The van der Waals surface area contributed by atoms with E-state index in [1.165, 1.54) is 6.07 Å². The lowest BCUT2D eigenvalue weighted by molar-refractivity contribution is -0.105. The predicted octanol–water partition coefficient (Wildman–Crippen LogP) is 4.97. The highest BCUT2D eigenvalue weighted by Crippen LogP contribution is 2.57. The molecule has 1 fully saturated rings. The molecule has 0 radical (unpaired) electrons. The standard InChI is InChI=1S/C18H11Cl2F2N3O2/c19-11-6-10(23-8-26)7-12(20)15(11)18(3-4-18)17-24-16(25-27-17)9-1-2-13(21)14(22)5-9/h1-2,5-8H,3-4H2,(H,23,26). The summed E-state index contributed by atoms with van der Waals surface area (Å²) in [5.41, 5.74) is 0.746. The van der Waals surface area contributed by atoms with Gasteiger partial charge in [-0.05, 0) is 43.2 Å². The van der Waals surface area contributed by atoms with Crippen molar-refractivity contribution in [1.29, 1.82) is 0 Å². The van der Waals surface area contributed by atoms with Gasteiger partial charge in [-0.2, -0.15) is 4.98 Å². The van der Waals surface area contributed by atoms with Crippen LogP contribution in [0.1, 0.15) is 24.3 Å². The van der Waals surface area contributed by atoms with Gasteiger partial charge >= 0.3 is 0 Å². The van der Waals surface area contributed by atoms with E-state index in [1.807, 2.05) is 0 Å². The number of anilines is 1. The Morgan fingerprint density at radius 1 is 1.11 bits per heavy atom. The summed E-state index contributed by atoms with van der Waals surface area (Å²) >= 11 is 12.8. The van der Waals surface area contributed by atoms with Gasteiger partial charge in [0.15, 0.2) is 11.6 Å². The van der Waals surface area contributed by atoms with Crippen LogP contribution in [0.25, 0.3) is 11.4 Å². The van der Waals surface area contributed by atoms with Crippen LogP contribution in [0.4, 0.5) is 14.5 Å². The zero-order valence-electron chi connectivity index (χ0n) is 13.6. The normalized spacial score (nSPS) is 14.8. The highest BCUT2D eigenvalue weighted by molar-refractivity contribution is 6.37. The Labute approximate surface area is 162 Å². The lowest BCUT2D eigenvalue weighted by Gasteiger charge is -2.16. The number of carbonyl (C=O) groups excluding carboxylic acids is 1. The van der Waals surface area contributed by atoms with Gasteiger partial charge in [0.05, 0.1) is 5.41 Å². The third-order valence-electron chi connectivity index (χ3n) is 4.51. The van der Waals surface area contributed by atoms with E-state index in [1.54, 1.807) is 12.1 Å². The molecule has 1 aromatic heterocycles. The number of hydrogen-bond acceptors (Lipinski definition) is 4. The number of rotatable bonds is 5. The van der Waals surface area contributed by atoms with Crippen molar-refractivity contribution in [2.24, 2.45) is 0 Å². The molecule has 1 N–H and O–H groups in total. The van der Waals surface area contributed by atoms with Crippen LogP contribution in [0, 0.1) is 11.6 Å². The van der Waals surface area contributed by atoms with E-state index in [0.29, 0.717) is 52.0 Å². The molecule has 1 heterocycles. The monoisotopic (exact) mass is 409 g/mol. The van der Waals surface area contributed by atoms with Crippen molar-refractivity contribution in [3.8, 4) is 11.4 Å². The fraction of sp³-hybridized carbons (Fsp3) is 0.167. The first-order chi connectivity index (χ1) is 12.9. The van der Waals surface area contributed by atoms with Gasteiger partial charge in [-0.3, -0.25) is 4.79 Å². The van der Waals surface area contributed by atoms with E-state index < -0.39 is 17.0 Å². The van der Waals surface area contributed by atoms with Crippen LogP contribution in [-0.4, -0.2) is 16.6 Å². The quantitative estimate of drug-likeness (QED) is 0.604. The van der Waals surface area contributed by atoms with Crippen LogP contribution in [0.5, 0.6) is 0 Å². The second kappa shape index (κ2) is 6.58. The second-order valence-corrected chi connectivity index (χ2v) is 7.03. The zero-order valence-corrected chi connectivity index (χ0v) is 15.1. The van der Waals surface area contributed by atoms with Crippen molar-refractivity contribution in [3.05, 3.63) is 63.5 Å². The molecular weight excluding hydrogens is 399 g/mol. The largest absolute Gasteiger partial charge is 0.338 e. The van der Waals surface area contributed by atoms with Gasteiger partial charge in [-0.25, -0.2) is 8.78 Å². The van der Waals surface area contributed by atoms with Crippen molar-refractivity contribution in [3.63, 3.8) is 0 Å². The van der Waals surface area contributed by atoms with Crippen molar-refractivity contribution in [1.82, 2.24) is 10.1 Å². The lowest BCUT2D eigenvalue weighted by atomic mass is 9.95. The molecule has 0 bridgehead atoms. The average Bonchev–Trinajstić information content (AvgIpc) is 3.24. The van der Waals surface area contributed by atoms with Gasteiger partial charge in [0.2, 0.25) is 18.1 Å². The van der Waals surface area contributed by atoms with Crippen molar-refractivity contribution >= 4 is 35.3 Å². The minimum absolute atomic E-state index is 0.140. The van der Waals surface area contributed by atoms with E-state index in [4.69, 9.17) is 27.7 Å². The summed E-state index contributed by atoms with van der Waals surface area (Å²) in [5.74, 6) is -1.52. The van der Waals surface area contributed by atoms with Gasteiger partial charge in [0, 0.05) is 26.9 Å². The van der Waals surface area contributed by atoms with Crippen LogP contribution < -0.4 is 5.32 Å².